The summed E-state index contributed by atoms with van der Waals surface area (Å²) in [6.45, 7) is 2.53. The van der Waals surface area contributed by atoms with E-state index in [0.29, 0.717) is 10.8 Å². The van der Waals surface area contributed by atoms with Crippen LogP contribution in [0.1, 0.15) is 21.6 Å². The van der Waals surface area contributed by atoms with Gasteiger partial charge in [0.1, 0.15) is 19.0 Å². The van der Waals surface area contributed by atoms with Crippen molar-refractivity contribution < 1.29 is 14.3 Å². The lowest BCUT2D eigenvalue weighted by molar-refractivity contribution is 0.0443. The Kier molecular flexibility index (Phi) is 6.08. The van der Waals surface area contributed by atoms with E-state index in [0.717, 1.165) is 16.9 Å². The van der Waals surface area contributed by atoms with Crippen LogP contribution in [0.4, 0.5) is 0 Å². The maximum atomic E-state index is 12.9. The largest absolute Gasteiger partial charge is 0.490 e. The third-order valence-corrected chi connectivity index (χ3v) is 4.81. The maximum absolute atomic E-state index is 12.9. The van der Waals surface area contributed by atoms with Crippen molar-refractivity contribution in [2.75, 3.05) is 13.2 Å². The highest BCUT2D eigenvalue weighted by Gasteiger charge is 2.18. The molecule has 0 amide bonds. The Morgan fingerprint density at radius 1 is 0.903 bits per heavy atom. The quantitative estimate of drug-likeness (QED) is 0.338. The minimum Gasteiger partial charge on any atom is -0.490 e. The van der Waals surface area contributed by atoms with Gasteiger partial charge in [0.05, 0.1) is 11.9 Å². The first kappa shape index (κ1) is 20.3. The lowest BCUT2D eigenvalue weighted by Crippen LogP contribution is -2.27. The molecule has 0 radical (unpaired) electrons. The Morgan fingerprint density at radius 3 is 2.42 bits per heavy atom. The molecule has 0 aliphatic rings. The number of benzene rings is 3. The molecular formula is C25H22N2O4. The summed E-state index contributed by atoms with van der Waals surface area (Å²) in [4.78, 5) is 25.7. The number of esters is 1. The van der Waals surface area contributed by atoms with Crippen LogP contribution in [0.5, 0.6) is 5.75 Å². The SMILES string of the molecule is Cc1cccc(OCCOC(=O)c2nn(Cc3ccccc3)c(=O)c3ccccc23)c1. The van der Waals surface area contributed by atoms with E-state index in [4.69, 9.17) is 9.47 Å². The van der Waals surface area contributed by atoms with Crippen LogP contribution < -0.4 is 10.3 Å². The van der Waals surface area contributed by atoms with Crippen molar-refractivity contribution in [2.45, 2.75) is 13.5 Å². The third kappa shape index (κ3) is 4.80. The molecule has 3 aromatic carbocycles. The molecule has 31 heavy (non-hydrogen) atoms. The van der Waals surface area contributed by atoms with Crippen LogP contribution in [0.2, 0.25) is 0 Å². The molecule has 1 heterocycles. The van der Waals surface area contributed by atoms with Crippen LogP contribution in [0.15, 0.2) is 83.7 Å². The van der Waals surface area contributed by atoms with E-state index in [1.165, 1.54) is 4.68 Å². The molecule has 4 aromatic rings. The number of hydrogen-bond donors (Lipinski definition) is 0. The van der Waals surface area contributed by atoms with Gasteiger partial charge in [-0.05, 0) is 36.2 Å². The van der Waals surface area contributed by atoms with Crippen LogP contribution in [0.3, 0.4) is 0 Å². The van der Waals surface area contributed by atoms with E-state index in [-0.39, 0.29) is 31.0 Å². The molecule has 0 aliphatic heterocycles. The molecule has 0 fully saturated rings. The Hall–Kier alpha value is -3.93. The van der Waals surface area contributed by atoms with Gasteiger partial charge in [-0.15, -0.1) is 0 Å². The van der Waals surface area contributed by atoms with E-state index >= 15 is 0 Å². The maximum Gasteiger partial charge on any atom is 0.359 e. The van der Waals surface area contributed by atoms with E-state index in [1.807, 2.05) is 61.5 Å². The molecule has 6 heteroatoms. The first-order chi connectivity index (χ1) is 15.1. The zero-order chi connectivity index (χ0) is 21.6. The minimum atomic E-state index is -0.592. The number of rotatable bonds is 7. The second-order valence-electron chi connectivity index (χ2n) is 7.14. The number of nitrogens with zero attached hydrogens (tertiary/aromatic N) is 2. The Labute approximate surface area is 179 Å². The fourth-order valence-electron chi connectivity index (χ4n) is 3.32. The average Bonchev–Trinajstić information content (AvgIpc) is 2.79. The van der Waals surface area contributed by atoms with Gasteiger partial charge in [0.15, 0.2) is 5.69 Å². The zero-order valence-corrected chi connectivity index (χ0v) is 17.2. The van der Waals surface area contributed by atoms with Crippen molar-refractivity contribution in [1.82, 2.24) is 9.78 Å². The molecular weight excluding hydrogens is 392 g/mol. The lowest BCUT2D eigenvalue weighted by Gasteiger charge is -2.11. The van der Waals surface area contributed by atoms with E-state index in [9.17, 15) is 9.59 Å². The van der Waals surface area contributed by atoms with Crippen molar-refractivity contribution in [3.05, 3.63) is 106 Å². The fourth-order valence-corrected chi connectivity index (χ4v) is 3.32. The van der Waals surface area contributed by atoms with Gasteiger partial charge in [-0.1, -0.05) is 60.7 Å². The Morgan fingerprint density at radius 2 is 1.65 bits per heavy atom. The van der Waals surface area contributed by atoms with Crippen molar-refractivity contribution in [1.29, 1.82) is 0 Å². The smallest absolute Gasteiger partial charge is 0.359 e. The van der Waals surface area contributed by atoms with Crippen LogP contribution in [-0.2, 0) is 11.3 Å². The summed E-state index contributed by atoms with van der Waals surface area (Å²) >= 11 is 0. The van der Waals surface area contributed by atoms with Gasteiger partial charge in [0.2, 0.25) is 0 Å². The Bertz CT molecular complexity index is 1270. The van der Waals surface area contributed by atoms with Gasteiger partial charge in [-0.2, -0.15) is 5.10 Å². The number of hydrogen-bond acceptors (Lipinski definition) is 5. The molecule has 156 valence electrons. The highest BCUT2D eigenvalue weighted by Crippen LogP contribution is 2.15. The number of ether oxygens (including phenoxy) is 2. The summed E-state index contributed by atoms with van der Waals surface area (Å²) in [7, 11) is 0. The zero-order valence-electron chi connectivity index (χ0n) is 17.2. The monoisotopic (exact) mass is 414 g/mol. The van der Waals surface area contributed by atoms with E-state index < -0.39 is 5.97 Å². The summed E-state index contributed by atoms with van der Waals surface area (Å²) in [5.41, 5.74) is 1.87. The molecule has 0 atom stereocenters. The average molecular weight is 414 g/mol. The van der Waals surface area contributed by atoms with Crippen molar-refractivity contribution in [2.24, 2.45) is 0 Å². The molecule has 0 saturated heterocycles. The summed E-state index contributed by atoms with van der Waals surface area (Å²) in [6.07, 6.45) is 0. The molecule has 0 aliphatic carbocycles. The van der Waals surface area contributed by atoms with Gasteiger partial charge < -0.3 is 9.47 Å². The second-order valence-corrected chi connectivity index (χ2v) is 7.14. The van der Waals surface area contributed by atoms with Gasteiger partial charge in [-0.3, -0.25) is 4.79 Å². The summed E-state index contributed by atoms with van der Waals surface area (Å²) in [6, 6.07) is 24.1. The fraction of sp³-hybridized carbons (Fsp3) is 0.160. The Balaban J connectivity index is 1.53. The normalized spacial score (nSPS) is 10.7. The first-order valence-electron chi connectivity index (χ1n) is 10.0. The molecule has 0 unspecified atom stereocenters. The molecule has 4 rings (SSSR count). The molecule has 0 bridgehead atoms. The van der Waals surface area contributed by atoms with Crippen molar-refractivity contribution in [3.63, 3.8) is 0 Å². The van der Waals surface area contributed by atoms with Crippen molar-refractivity contribution in [3.8, 4) is 5.75 Å². The number of carbonyl (C=O) groups excluding carboxylic acids is 1. The highest BCUT2D eigenvalue weighted by molar-refractivity contribution is 6.02. The standard InChI is InChI=1S/C25H22N2O4/c1-18-8-7-11-20(16-18)30-14-15-31-25(29)23-21-12-5-6-13-22(21)24(28)27(26-23)17-19-9-3-2-4-10-19/h2-13,16H,14-15,17H2,1H3. The third-order valence-electron chi connectivity index (χ3n) is 4.81. The summed E-state index contributed by atoms with van der Waals surface area (Å²) in [5, 5.41) is 5.23. The van der Waals surface area contributed by atoms with Crippen LogP contribution in [0, 0.1) is 6.92 Å². The molecule has 0 N–H and O–H groups in total. The van der Waals surface area contributed by atoms with Gasteiger partial charge in [0.25, 0.3) is 5.56 Å². The number of aryl methyl sites for hydroxylation is 1. The molecule has 0 saturated carbocycles. The number of carbonyl (C=O) groups is 1. The van der Waals surface area contributed by atoms with Crippen LogP contribution in [-0.4, -0.2) is 29.0 Å². The number of fused-ring (bicyclic) bond motifs is 1. The van der Waals surface area contributed by atoms with Crippen molar-refractivity contribution >= 4 is 16.7 Å². The molecule has 0 spiro atoms. The van der Waals surface area contributed by atoms with Gasteiger partial charge in [0, 0.05) is 5.39 Å². The van der Waals surface area contributed by atoms with Crippen LogP contribution >= 0.6 is 0 Å². The first-order valence-corrected chi connectivity index (χ1v) is 10.0. The molecule has 1 aromatic heterocycles. The van der Waals surface area contributed by atoms with E-state index in [2.05, 4.69) is 5.10 Å². The topological polar surface area (TPSA) is 70.4 Å². The highest BCUT2D eigenvalue weighted by atomic mass is 16.6. The lowest BCUT2D eigenvalue weighted by atomic mass is 10.1. The molecule has 6 nitrogen and oxygen atoms in total. The summed E-state index contributed by atoms with van der Waals surface area (Å²) in [5.74, 6) is 0.127. The number of aromatic nitrogens is 2. The van der Waals surface area contributed by atoms with Crippen LogP contribution in [0.25, 0.3) is 10.8 Å². The van der Waals surface area contributed by atoms with E-state index in [1.54, 1.807) is 24.3 Å². The van der Waals surface area contributed by atoms with Gasteiger partial charge >= 0.3 is 5.97 Å². The van der Waals surface area contributed by atoms with Gasteiger partial charge in [-0.25, -0.2) is 9.48 Å². The predicted octanol–water partition coefficient (Wildman–Crippen LogP) is 3.99. The summed E-state index contributed by atoms with van der Waals surface area (Å²) < 4.78 is 12.3. The minimum absolute atomic E-state index is 0.0700. The second kappa shape index (κ2) is 9.26. The predicted molar refractivity (Wildman–Crippen MR) is 119 cm³/mol.